The zero-order chi connectivity index (χ0) is 20.2. The second-order valence-electron chi connectivity index (χ2n) is 6.09. The van der Waals surface area contributed by atoms with E-state index >= 15 is 0 Å². The monoisotopic (exact) mass is 401 g/mol. The average molecular weight is 402 g/mol. The molecule has 7 heteroatoms. The molecular formula is C21H24ClN3O3. The molecule has 2 aromatic rings. The lowest BCUT2D eigenvalue weighted by Gasteiger charge is -2.08. The van der Waals surface area contributed by atoms with Gasteiger partial charge in [0.15, 0.2) is 0 Å². The predicted molar refractivity (Wildman–Crippen MR) is 112 cm³/mol. The summed E-state index contributed by atoms with van der Waals surface area (Å²) in [7, 11) is 0. The van der Waals surface area contributed by atoms with E-state index in [0.717, 1.165) is 24.2 Å². The molecule has 0 bridgehead atoms. The summed E-state index contributed by atoms with van der Waals surface area (Å²) >= 11 is 5.87. The molecule has 2 amide bonds. The van der Waals surface area contributed by atoms with Crippen LogP contribution in [0.2, 0.25) is 5.02 Å². The van der Waals surface area contributed by atoms with E-state index in [-0.39, 0.29) is 24.7 Å². The number of carbonyl (C=O) groups is 2. The van der Waals surface area contributed by atoms with Crippen molar-refractivity contribution in [3.05, 3.63) is 59.1 Å². The van der Waals surface area contributed by atoms with Crippen LogP contribution in [0.25, 0.3) is 0 Å². The first-order valence-electron chi connectivity index (χ1n) is 9.17. The maximum absolute atomic E-state index is 11.9. The van der Waals surface area contributed by atoms with Crippen LogP contribution in [0.5, 0.6) is 5.75 Å². The molecule has 0 fully saturated rings. The van der Waals surface area contributed by atoms with E-state index in [2.05, 4.69) is 22.8 Å². The van der Waals surface area contributed by atoms with Crippen LogP contribution in [0.4, 0.5) is 5.69 Å². The number of hydrogen-bond acceptors (Lipinski definition) is 4. The van der Waals surface area contributed by atoms with Crippen LogP contribution in [0, 0.1) is 0 Å². The Morgan fingerprint density at radius 2 is 1.89 bits per heavy atom. The number of amides is 2. The minimum Gasteiger partial charge on any atom is -0.493 e. The van der Waals surface area contributed by atoms with Gasteiger partial charge >= 0.3 is 0 Å². The number of ether oxygens (including phenoxy) is 1. The van der Waals surface area contributed by atoms with Gasteiger partial charge in [0, 0.05) is 29.1 Å². The van der Waals surface area contributed by atoms with Crippen molar-refractivity contribution in [3.63, 3.8) is 0 Å². The summed E-state index contributed by atoms with van der Waals surface area (Å²) in [6.45, 7) is 2.73. The molecule has 0 saturated heterocycles. The van der Waals surface area contributed by atoms with Crippen LogP contribution >= 0.6 is 11.6 Å². The van der Waals surface area contributed by atoms with Crippen LogP contribution < -0.4 is 15.5 Å². The van der Waals surface area contributed by atoms with Gasteiger partial charge in [-0.2, -0.15) is 5.10 Å². The summed E-state index contributed by atoms with van der Waals surface area (Å²) in [6.07, 6.45) is 3.63. The van der Waals surface area contributed by atoms with Crippen molar-refractivity contribution in [1.29, 1.82) is 0 Å². The van der Waals surface area contributed by atoms with Gasteiger partial charge < -0.3 is 10.1 Å². The molecule has 0 spiro atoms. The molecule has 0 radical (unpaired) electrons. The normalized spacial score (nSPS) is 10.6. The molecule has 0 aliphatic heterocycles. The number of benzene rings is 2. The first-order chi connectivity index (χ1) is 13.6. The number of rotatable bonds is 10. The van der Waals surface area contributed by atoms with Crippen molar-refractivity contribution in [1.82, 2.24) is 5.43 Å². The van der Waals surface area contributed by atoms with Gasteiger partial charge in [0.25, 0.3) is 0 Å². The second kappa shape index (κ2) is 11.8. The maximum atomic E-state index is 11.9. The molecule has 0 heterocycles. The van der Waals surface area contributed by atoms with Gasteiger partial charge in [0.2, 0.25) is 11.8 Å². The number of para-hydroxylation sites is 1. The maximum Gasteiger partial charge on any atom is 0.240 e. The van der Waals surface area contributed by atoms with Gasteiger partial charge in [-0.3, -0.25) is 9.59 Å². The van der Waals surface area contributed by atoms with E-state index in [1.165, 1.54) is 6.21 Å². The van der Waals surface area contributed by atoms with E-state index in [0.29, 0.717) is 17.3 Å². The van der Waals surface area contributed by atoms with Crippen LogP contribution in [-0.4, -0.2) is 24.6 Å². The highest BCUT2D eigenvalue weighted by Gasteiger charge is 2.07. The minimum absolute atomic E-state index is 0.0262. The third kappa shape index (κ3) is 7.80. The number of nitrogens with zero attached hydrogens (tertiary/aromatic N) is 1. The highest BCUT2D eigenvalue weighted by Crippen LogP contribution is 2.16. The number of hydrazone groups is 1. The molecular weight excluding hydrogens is 378 g/mol. The number of halogens is 1. The number of anilines is 1. The lowest BCUT2D eigenvalue weighted by atomic mass is 10.2. The molecule has 0 aliphatic rings. The van der Waals surface area contributed by atoms with E-state index in [1.807, 2.05) is 24.3 Å². The van der Waals surface area contributed by atoms with Gasteiger partial charge in [0.05, 0.1) is 12.8 Å². The fourth-order valence-corrected chi connectivity index (χ4v) is 2.48. The minimum atomic E-state index is -0.345. The van der Waals surface area contributed by atoms with E-state index in [9.17, 15) is 9.59 Å². The molecule has 2 rings (SSSR count). The molecule has 0 saturated carbocycles. The summed E-state index contributed by atoms with van der Waals surface area (Å²) in [5, 5.41) is 7.18. The Balaban J connectivity index is 1.77. The standard InChI is InChI=1S/C21H24ClN3O3/c1-2-3-13-28-19-10-5-4-7-16(19)15-23-25-21(27)12-11-20(26)24-18-9-6-8-17(22)14-18/h4-10,14-15H,2-3,11-13H2,1H3,(H,24,26)(H,25,27). The second-order valence-corrected chi connectivity index (χ2v) is 6.53. The Bertz CT molecular complexity index is 824. The van der Waals surface area contributed by atoms with E-state index in [4.69, 9.17) is 16.3 Å². The van der Waals surface area contributed by atoms with Crippen LogP contribution in [0.1, 0.15) is 38.2 Å². The number of hydrogen-bond donors (Lipinski definition) is 2. The molecule has 2 aromatic carbocycles. The molecule has 28 heavy (non-hydrogen) atoms. The largest absolute Gasteiger partial charge is 0.493 e. The summed E-state index contributed by atoms with van der Waals surface area (Å²) < 4.78 is 5.71. The Morgan fingerprint density at radius 3 is 2.68 bits per heavy atom. The van der Waals surface area contributed by atoms with Gasteiger partial charge in [-0.15, -0.1) is 0 Å². The molecule has 2 N–H and O–H groups in total. The SMILES string of the molecule is CCCCOc1ccccc1C=NNC(=O)CCC(=O)Nc1cccc(Cl)c1. The van der Waals surface area contributed by atoms with Crippen molar-refractivity contribution >= 4 is 35.3 Å². The highest BCUT2D eigenvalue weighted by molar-refractivity contribution is 6.30. The number of nitrogens with one attached hydrogen (secondary N) is 2. The Hall–Kier alpha value is -2.86. The van der Waals surface area contributed by atoms with Crippen molar-refractivity contribution in [2.24, 2.45) is 5.10 Å². The molecule has 0 atom stereocenters. The molecule has 0 unspecified atom stereocenters. The number of unbranched alkanes of at least 4 members (excludes halogenated alkanes) is 1. The molecule has 6 nitrogen and oxygen atoms in total. The predicted octanol–water partition coefficient (Wildman–Crippen LogP) is 4.39. The van der Waals surface area contributed by atoms with Crippen molar-refractivity contribution < 1.29 is 14.3 Å². The van der Waals surface area contributed by atoms with Gasteiger partial charge in [-0.1, -0.05) is 43.1 Å². The number of carbonyl (C=O) groups excluding carboxylic acids is 2. The highest BCUT2D eigenvalue weighted by atomic mass is 35.5. The van der Waals surface area contributed by atoms with E-state index < -0.39 is 0 Å². The molecule has 0 aromatic heterocycles. The van der Waals surface area contributed by atoms with Crippen molar-refractivity contribution in [2.75, 3.05) is 11.9 Å². The zero-order valence-electron chi connectivity index (χ0n) is 15.8. The van der Waals surface area contributed by atoms with Crippen molar-refractivity contribution in [3.8, 4) is 5.75 Å². The van der Waals surface area contributed by atoms with Gasteiger partial charge in [0.1, 0.15) is 5.75 Å². The van der Waals surface area contributed by atoms with Gasteiger partial charge in [-0.25, -0.2) is 5.43 Å². The summed E-state index contributed by atoms with van der Waals surface area (Å²) in [4.78, 5) is 23.8. The summed E-state index contributed by atoms with van der Waals surface area (Å²) in [5.41, 5.74) is 3.80. The summed E-state index contributed by atoms with van der Waals surface area (Å²) in [5.74, 6) is 0.104. The third-order valence-electron chi connectivity index (χ3n) is 3.75. The third-order valence-corrected chi connectivity index (χ3v) is 3.99. The lowest BCUT2D eigenvalue weighted by Crippen LogP contribution is -2.20. The zero-order valence-corrected chi connectivity index (χ0v) is 16.5. The van der Waals surface area contributed by atoms with Crippen LogP contribution in [-0.2, 0) is 9.59 Å². The smallest absolute Gasteiger partial charge is 0.240 e. The van der Waals surface area contributed by atoms with Crippen LogP contribution in [0.3, 0.4) is 0 Å². The Kier molecular flexibility index (Phi) is 9.01. The fraction of sp³-hybridized carbons (Fsp3) is 0.286. The lowest BCUT2D eigenvalue weighted by molar-refractivity contribution is -0.124. The van der Waals surface area contributed by atoms with Gasteiger partial charge in [-0.05, 0) is 36.8 Å². The molecule has 0 aliphatic carbocycles. The Morgan fingerprint density at radius 1 is 1.11 bits per heavy atom. The Labute approximate surface area is 169 Å². The average Bonchev–Trinajstić information content (AvgIpc) is 2.68. The summed E-state index contributed by atoms with van der Waals surface area (Å²) in [6, 6.07) is 14.3. The first-order valence-corrected chi connectivity index (χ1v) is 9.55. The fourth-order valence-electron chi connectivity index (χ4n) is 2.29. The van der Waals surface area contributed by atoms with Crippen LogP contribution in [0.15, 0.2) is 53.6 Å². The quantitative estimate of drug-likeness (QED) is 0.352. The van der Waals surface area contributed by atoms with E-state index in [1.54, 1.807) is 24.3 Å². The first kappa shape index (κ1) is 21.4. The van der Waals surface area contributed by atoms with Crippen molar-refractivity contribution in [2.45, 2.75) is 32.6 Å². The topological polar surface area (TPSA) is 79.8 Å². The molecule has 148 valence electrons.